The number of amides is 1. The maximum atomic E-state index is 13.3. The highest BCUT2D eigenvalue weighted by molar-refractivity contribution is 6.01. The van der Waals surface area contributed by atoms with Gasteiger partial charge in [0.15, 0.2) is 5.82 Å². The molecule has 4 rings (SSSR count). The Morgan fingerprint density at radius 3 is 2.61 bits per heavy atom. The first-order valence-corrected chi connectivity index (χ1v) is 11.6. The summed E-state index contributed by atoms with van der Waals surface area (Å²) in [6, 6.07) is 8.63. The number of ether oxygens (including phenoxy) is 1. The second-order valence-corrected chi connectivity index (χ2v) is 9.21. The third-order valence-corrected chi connectivity index (χ3v) is 7.02. The van der Waals surface area contributed by atoms with E-state index >= 15 is 0 Å². The maximum absolute atomic E-state index is 13.3. The van der Waals surface area contributed by atoms with Crippen molar-refractivity contribution in [3.8, 4) is 0 Å². The first-order chi connectivity index (χ1) is 15.8. The van der Waals surface area contributed by atoms with Crippen LogP contribution in [0.4, 0.5) is 5.82 Å². The molecule has 1 amide bonds. The van der Waals surface area contributed by atoms with Gasteiger partial charge in [-0.25, -0.2) is 4.98 Å². The van der Waals surface area contributed by atoms with Gasteiger partial charge in [-0.15, -0.1) is 0 Å². The fourth-order valence-corrected chi connectivity index (χ4v) is 4.47. The Morgan fingerprint density at radius 2 is 1.94 bits per heavy atom. The minimum absolute atomic E-state index is 0.0123. The van der Waals surface area contributed by atoms with Crippen molar-refractivity contribution in [1.29, 1.82) is 0 Å². The molecule has 7 heteroatoms. The SMILES string of the molecule is COCCN(C)C1CN(C(=O)c2cc3c(C)c(C)[nH]c3c(NCc3c(C)cccc3C)n2)C1. The molecule has 0 radical (unpaired) electrons. The average molecular weight is 450 g/mol. The number of hydrogen-bond donors (Lipinski definition) is 2. The molecule has 3 aromatic rings. The van der Waals surface area contributed by atoms with Crippen LogP contribution in [0.2, 0.25) is 0 Å². The van der Waals surface area contributed by atoms with Gasteiger partial charge in [0.2, 0.25) is 0 Å². The maximum Gasteiger partial charge on any atom is 0.272 e. The van der Waals surface area contributed by atoms with Crippen molar-refractivity contribution < 1.29 is 9.53 Å². The molecule has 176 valence electrons. The van der Waals surface area contributed by atoms with E-state index in [1.165, 1.54) is 16.7 Å². The first kappa shape index (κ1) is 23.3. The Balaban J connectivity index is 1.57. The van der Waals surface area contributed by atoms with Gasteiger partial charge in [-0.3, -0.25) is 9.69 Å². The van der Waals surface area contributed by atoms with Gasteiger partial charge in [-0.1, -0.05) is 18.2 Å². The molecule has 7 nitrogen and oxygen atoms in total. The number of aromatic amines is 1. The highest BCUT2D eigenvalue weighted by atomic mass is 16.5. The molecule has 1 aromatic carbocycles. The minimum atomic E-state index is -0.0123. The number of H-pyrrole nitrogens is 1. The number of anilines is 1. The van der Waals surface area contributed by atoms with E-state index in [1.807, 2.05) is 11.0 Å². The summed E-state index contributed by atoms with van der Waals surface area (Å²) >= 11 is 0. The van der Waals surface area contributed by atoms with Crippen molar-refractivity contribution in [3.05, 3.63) is 57.9 Å². The van der Waals surface area contributed by atoms with E-state index in [2.05, 4.69) is 68.1 Å². The topological polar surface area (TPSA) is 73.5 Å². The number of benzene rings is 1. The number of nitrogens with zero attached hydrogens (tertiary/aromatic N) is 3. The van der Waals surface area contributed by atoms with E-state index in [0.717, 1.165) is 47.6 Å². The minimum Gasteiger partial charge on any atom is -0.383 e. The van der Waals surface area contributed by atoms with Gasteiger partial charge in [-0.05, 0) is 63.1 Å². The fourth-order valence-electron chi connectivity index (χ4n) is 4.47. The Bertz CT molecular complexity index is 1140. The number of methoxy groups -OCH3 is 1. The molecular weight excluding hydrogens is 414 g/mol. The Hall–Kier alpha value is -2.90. The summed E-state index contributed by atoms with van der Waals surface area (Å²) in [7, 11) is 3.79. The van der Waals surface area contributed by atoms with Crippen LogP contribution in [0, 0.1) is 27.7 Å². The summed E-state index contributed by atoms with van der Waals surface area (Å²) in [6.07, 6.45) is 0. The second-order valence-electron chi connectivity index (χ2n) is 9.21. The number of aryl methyl sites for hydroxylation is 4. The highest BCUT2D eigenvalue weighted by Crippen LogP contribution is 2.29. The predicted molar refractivity (Wildman–Crippen MR) is 133 cm³/mol. The third kappa shape index (κ3) is 4.61. The van der Waals surface area contributed by atoms with E-state index in [9.17, 15) is 4.79 Å². The summed E-state index contributed by atoms with van der Waals surface area (Å²) in [5.41, 5.74) is 7.43. The smallest absolute Gasteiger partial charge is 0.272 e. The van der Waals surface area contributed by atoms with Gasteiger partial charge in [0.25, 0.3) is 5.91 Å². The van der Waals surface area contributed by atoms with Crippen LogP contribution in [-0.2, 0) is 11.3 Å². The number of likely N-dealkylation sites (tertiary alicyclic amines) is 1. The predicted octanol–water partition coefficient (Wildman–Crippen LogP) is 3.81. The highest BCUT2D eigenvalue weighted by Gasteiger charge is 2.34. The standard InChI is InChI=1S/C26H35N5O2/c1-16-8-7-9-17(2)22(16)13-27-25-24-21(18(3)19(4)28-24)12-23(29-25)26(32)31-14-20(15-31)30(5)10-11-33-6/h7-9,12,20,28H,10-11,13-15H2,1-6H3,(H,27,29). The van der Waals surface area contributed by atoms with E-state index < -0.39 is 0 Å². The average Bonchev–Trinajstić information content (AvgIpc) is 3.04. The molecule has 1 fully saturated rings. The number of aromatic nitrogens is 2. The van der Waals surface area contributed by atoms with E-state index in [0.29, 0.717) is 24.9 Å². The molecule has 0 unspecified atom stereocenters. The molecule has 0 saturated carbocycles. The number of carbonyl (C=O) groups is 1. The lowest BCUT2D eigenvalue weighted by Crippen LogP contribution is -2.60. The van der Waals surface area contributed by atoms with Crippen molar-refractivity contribution >= 4 is 22.6 Å². The third-order valence-electron chi connectivity index (χ3n) is 7.02. The van der Waals surface area contributed by atoms with Gasteiger partial charge in [-0.2, -0.15) is 0 Å². The largest absolute Gasteiger partial charge is 0.383 e. The molecule has 1 saturated heterocycles. The van der Waals surface area contributed by atoms with E-state index in [-0.39, 0.29) is 5.91 Å². The van der Waals surface area contributed by atoms with Crippen molar-refractivity contribution in [2.45, 2.75) is 40.3 Å². The molecular formula is C26H35N5O2. The van der Waals surface area contributed by atoms with Crippen LogP contribution in [0.25, 0.3) is 10.9 Å². The number of carbonyl (C=O) groups excluding carboxylic acids is 1. The van der Waals surface area contributed by atoms with Gasteiger partial charge >= 0.3 is 0 Å². The van der Waals surface area contributed by atoms with Crippen molar-refractivity contribution in [2.24, 2.45) is 0 Å². The summed E-state index contributed by atoms with van der Waals surface area (Å²) < 4.78 is 5.17. The number of likely N-dealkylation sites (N-methyl/N-ethyl adjacent to an activating group) is 1. The molecule has 0 atom stereocenters. The monoisotopic (exact) mass is 449 g/mol. The van der Waals surface area contributed by atoms with Crippen LogP contribution in [0.1, 0.15) is 38.4 Å². The van der Waals surface area contributed by atoms with Crippen molar-refractivity contribution in [1.82, 2.24) is 19.8 Å². The van der Waals surface area contributed by atoms with Gasteiger partial charge in [0.05, 0.1) is 12.1 Å². The molecule has 0 spiro atoms. The number of nitrogens with one attached hydrogen (secondary N) is 2. The first-order valence-electron chi connectivity index (χ1n) is 11.6. The summed E-state index contributed by atoms with van der Waals surface area (Å²) in [6.45, 7) is 12.0. The van der Waals surface area contributed by atoms with E-state index in [1.54, 1.807) is 7.11 Å². The zero-order chi connectivity index (χ0) is 23.7. The summed E-state index contributed by atoms with van der Waals surface area (Å²) in [5, 5.41) is 4.56. The van der Waals surface area contributed by atoms with Gasteiger partial charge in [0, 0.05) is 50.4 Å². The van der Waals surface area contributed by atoms with Crippen molar-refractivity contribution in [3.63, 3.8) is 0 Å². The Kier molecular flexibility index (Phi) is 6.72. The number of rotatable bonds is 8. The van der Waals surface area contributed by atoms with Crippen LogP contribution in [-0.4, -0.2) is 72.1 Å². The van der Waals surface area contributed by atoms with Crippen LogP contribution >= 0.6 is 0 Å². The zero-order valence-electron chi connectivity index (χ0n) is 20.6. The van der Waals surface area contributed by atoms with E-state index in [4.69, 9.17) is 9.72 Å². The number of hydrogen-bond acceptors (Lipinski definition) is 5. The van der Waals surface area contributed by atoms with Gasteiger partial charge < -0.3 is 19.9 Å². The molecule has 33 heavy (non-hydrogen) atoms. The molecule has 2 N–H and O–H groups in total. The number of pyridine rings is 1. The summed E-state index contributed by atoms with van der Waals surface area (Å²) in [5.74, 6) is 0.714. The van der Waals surface area contributed by atoms with Crippen LogP contribution in [0.15, 0.2) is 24.3 Å². The van der Waals surface area contributed by atoms with Gasteiger partial charge in [0.1, 0.15) is 5.69 Å². The molecule has 1 aliphatic heterocycles. The normalized spacial score (nSPS) is 14.2. The molecule has 3 heterocycles. The zero-order valence-corrected chi connectivity index (χ0v) is 20.6. The second kappa shape index (κ2) is 9.53. The fraction of sp³-hybridized carbons (Fsp3) is 0.462. The molecule has 1 aliphatic rings. The lowest BCUT2D eigenvalue weighted by atomic mass is 10.0. The van der Waals surface area contributed by atoms with Crippen LogP contribution in [0.3, 0.4) is 0 Å². The Labute approximate surface area is 196 Å². The lowest BCUT2D eigenvalue weighted by molar-refractivity contribution is 0.0271. The van der Waals surface area contributed by atoms with Crippen molar-refractivity contribution in [2.75, 3.05) is 45.7 Å². The molecule has 2 aromatic heterocycles. The Morgan fingerprint density at radius 1 is 1.24 bits per heavy atom. The van der Waals surface area contributed by atoms with Crippen LogP contribution < -0.4 is 5.32 Å². The quantitative estimate of drug-likeness (QED) is 0.547. The molecule has 0 bridgehead atoms. The van der Waals surface area contributed by atoms with Crippen LogP contribution in [0.5, 0.6) is 0 Å². The summed E-state index contributed by atoms with van der Waals surface area (Å²) in [4.78, 5) is 25.7. The molecule has 0 aliphatic carbocycles. The number of fused-ring (bicyclic) bond motifs is 1. The lowest BCUT2D eigenvalue weighted by Gasteiger charge is -2.43.